The largest absolute Gasteiger partial charge is 0.328 e. The highest BCUT2D eigenvalue weighted by molar-refractivity contribution is 5.81. The van der Waals surface area contributed by atoms with E-state index in [1.54, 1.807) is 0 Å². The third-order valence-corrected chi connectivity index (χ3v) is 5.93. The van der Waals surface area contributed by atoms with Gasteiger partial charge >= 0.3 is 6.03 Å². The first-order valence-electron chi connectivity index (χ1n) is 8.57. The van der Waals surface area contributed by atoms with Gasteiger partial charge in [-0.1, -0.05) is 40.7 Å². The standard InChI is InChI=1S/C19H28N2O/c1-16(2)6-12-7-18(5)9-17(3,4)10-19(11-18)14(12)13(8-16)20-15(22)21-19/h7H,6,8-11H2,1-5H3,(H2,20,21,22)/t18-,19-/m1/s1. The molecule has 4 rings (SSSR count). The number of rotatable bonds is 0. The Morgan fingerprint density at radius 2 is 1.68 bits per heavy atom. The minimum Gasteiger partial charge on any atom is -0.328 e. The van der Waals surface area contributed by atoms with Gasteiger partial charge in [0, 0.05) is 5.70 Å². The Morgan fingerprint density at radius 3 is 2.41 bits per heavy atom. The van der Waals surface area contributed by atoms with Crippen LogP contribution in [0.15, 0.2) is 22.9 Å². The fourth-order valence-electron chi connectivity index (χ4n) is 6.28. The molecule has 0 aromatic heterocycles. The molecule has 1 heterocycles. The van der Waals surface area contributed by atoms with Crippen molar-refractivity contribution in [1.29, 1.82) is 0 Å². The summed E-state index contributed by atoms with van der Waals surface area (Å²) in [5.74, 6) is 0. The maximum absolute atomic E-state index is 12.4. The quantitative estimate of drug-likeness (QED) is 0.689. The Balaban J connectivity index is 1.96. The molecule has 1 saturated carbocycles. The number of carbonyl (C=O) groups is 1. The Hall–Kier alpha value is -1.25. The Kier molecular flexibility index (Phi) is 2.48. The van der Waals surface area contributed by atoms with E-state index in [9.17, 15) is 4.79 Å². The summed E-state index contributed by atoms with van der Waals surface area (Å²) in [6.45, 7) is 11.7. The summed E-state index contributed by atoms with van der Waals surface area (Å²) < 4.78 is 0. The van der Waals surface area contributed by atoms with Gasteiger partial charge < -0.3 is 10.6 Å². The zero-order valence-corrected chi connectivity index (χ0v) is 14.5. The molecule has 1 aliphatic heterocycles. The van der Waals surface area contributed by atoms with Gasteiger partial charge in [-0.2, -0.15) is 0 Å². The summed E-state index contributed by atoms with van der Waals surface area (Å²) in [6, 6.07) is -0.00208. The van der Waals surface area contributed by atoms with Crippen molar-refractivity contribution in [2.75, 3.05) is 0 Å². The molecule has 2 amide bonds. The first-order chi connectivity index (χ1) is 10.0. The normalized spacial score (nSPS) is 41.1. The van der Waals surface area contributed by atoms with Gasteiger partial charge in [-0.25, -0.2) is 4.79 Å². The van der Waals surface area contributed by atoms with Crippen LogP contribution in [0.1, 0.15) is 66.7 Å². The Labute approximate surface area is 133 Å². The zero-order valence-electron chi connectivity index (χ0n) is 14.5. The van der Waals surface area contributed by atoms with Crippen LogP contribution in [0.3, 0.4) is 0 Å². The van der Waals surface area contributed by atoms with E-state index in [0.717, 1.165) is 25.7 Å². The smallest absolute Gasteiger partial charge is 0.319 e. The molecule has 3 aliphatic carbocycles. The predicted octanol–water partition coefficient (Wildman–Crippen LogP) is 4.27. The van der Waals surface area contributed by atoms with Gasteiger partial charge in [0.25, 0.3) is 0 Å². The molecule has 0 unspecified atom stereocenters. The molecule has 2 bridgehead atoms. The fraction of sp³-hybridized carbons (Fsp3) is 0.737. The van der Waals surface area contributed by atoms with Crippen LogP contribution < -0.4 is 10.6 Å². The highest BCUT2D eigenvalue weighted by Gasteiger charge is 2.57. The van der Waals surface area contributed by atoms with Crippen LogP contribution in [-0.4, -0.2) is 11.6 Å². The van der Waals surface area contributed by atoms with Crippen molar-refractivity contribution < 1.29 is 4.79 Å². The zero-order chi connectivity index (χ0) is 16.0. The number of hydrogen-bond donors (Lipinski definition) is 2. The number of allylic oxidation sites excluding steroid dienone is 2. The van der Waals surface area contributed by atoms with Gasteiger partial charge in [0.05, 0.1) is 5.54 Å². The third-order valence-electron chi connectivity index (χ3n) is 5.93. The SMILES string of the molecule is CC1(C)CC2=C[C@]3(C)CC(C)(C)C[C@]4(C3)NC(=O)NC(=C24)C1. The van der Waals surface area contributed by atoms with E-state index in [0.29, 0.717) is 0 Å². The summed E-state index contributed by atoms with van der Waals surface area (Å²) in [5, 5.41) is 6.48. The van der Waals surface area contributed by atoms with E-state index in [-0.39, 0.29) is 27.8 Å². The summed E-state index contributed by atoms with van der Waals surface area (Å²) in [6.07, 6.45) is 7.96. The molecular formula is C19H28N2O. The lowest BCUT2D eigenvalue weighted by molar-refractivity contribution is 0.0548. The van der Waals surface area contributed by atoms with Crippen LogP contribution in [0.25, 0.3) is 0 Å². The molecule has 0 saturated heterocycles. The summed E-state index contributed by atoms with van der Waals surface area (Å²) in [4.78, 5) is 12.4. The third kappa shape index (κ3) is 1.97. The first-order valence-corrected chi connectivity index (χ1v) is 8.57. The number of urea groups is 1. The van der Waals surface area contributed by atoms with Gasteiger partial charge in [0.1, 0.15) is 0 Å². The second-order valence-corrected chi connectivity index (χ2v) is 10.1. The number of fused-ring (bicyclic) bond motifs is 1. The second kappa shape index (κ2) is 3.80. The monoisotopic (exact) mass is 300 g/mol. The minimum absolute atomic E-state index is 0.00208. The number of amides is 2. The molecule has 22 heavy (non-hydrogen) atoms. The van der Waals surface area contributed by atoms with Crippen LogP contribution in [0, 0.1) is 16.2 Å². The molecule has 2 atom stereocenters. The van der Waals surface area contributed by atoms with Crippen molar-refractivity contribution in [2.45, 2.75) is 72.3 Å². The number of nitrogens with one attached hydrogen (secondary N) is 2. The van der Waals surface area contributed by atoms with Gasteiger partial charge in [-0.15, -0.1) is 0 Å². The van der Waals surface area contributed by atoms with Gasteiger partial charge in [0.15, 0.2) is 0 Å². The van der Waals surface area contributed by atoms with E-state index < -0.39 is 0 Å². The summed E-state index contributed by atoms with van der Waals surface area (Å²) >= 11 is 0. The van der Waals surface area contributed by atoms with Gasteiger partial charge in [-0.05, 0) is 59.5 Å². The van der Waals surface area contributed by atoms with Crippen LogP contribution >= 0.6 is 0 Å². The highest BCUT2D eigenvalue weighted by atomic mass is 16.2. The van der Waals surface area contributed by atoms with Crippen LogP contribution in [0.2, 0.25) is 0 Å². The molecule has 4 aliphatic rings. The molecular weight excluding hydrogens is 272 g/mol. The van der Waals surface area contributed by atoms with Crippen molar-refractivity contribution >= 4 is 6.03 Å². The molecule has 3 heteroatoms. The number of carbonyl (C=O) groups excluding carboxylic acids is 1. The van der Waals surface area contributed by atoms with Crippen molar-refractivity contribution in [3.63, 3.8) is 0 Å². The van der Waals surface area contributed by atoms with Crippen LogP contribution in [-0.2, 0) is 0 Å². The lowest BCUT2D eigenvalue weighted by Crippen LogP contribution is -2.65. The van der Waals surface area contributed by atoms with Crippen molar-refractivity contribution in [3.05, 3.63) is 22.9 Å². The lowest BCUT2D eigenvalue weighted by Gasteiger charge is -2.60. The fourth-order valence-corrected chi connectivity index (χ4v) is 6.28. The second-order valence-electron chi connectivity index (χ2n) is 10.1. The van der Waals surface area contributed by atoms with Crippen molar-refractivity contribution in [1.82, 2.24) is 10.6 Å². The molecule has 0 aromatic carbocycles. The van der Waals surface area contributed by atoms with Crippen LogP contribution in [0.4, 0.5) is 4.79 Å². The minimum atomic E-state index is -0.144. The maximum atomic E-state index is 12.4. The van der Waals surface area contributed by atoms with E-state index in [4.69, 9.17) is 0 Å². The molecule has 0 aromatic rings. The average Bonchev–Trinajstić information content (AvgIpc) is 2.18. The molecule has 1 fully saturated rings. The molecule has 120 valence electrons. The molecule has 0 radical (unpaired) electrons. The molecule has 1 spiro atoms. The Bertz CT molecular complexity index is 640. The number of hydrogen-bond acceptors (Lipinski definition) is 1. The van der Waals surface area contributed by atoms with Gasteiger partial charge in [-0.3, -0.25) is 0 Å². The molecule has 2 N–H and O–H groups in total. The first kappa shape index (κ1) is 14.3. The molecule has 3 nitrogen and oxygen atoms in total. The maximum Gasteiger partial charge on any atom is 0.319 e. The lowest BCUT2D eigenvalue weighted by atomic mass is 9.49. The topological polar surface area (TPSA) is 41.1 Å². The highest BCUT2D eigenvalue weighted by Crippen LogP contribution is 2.61. The van der Waals surface area contributed by atoms with Crippen LogP contribution in [0.5, 0.6) is 0 Å². The van der Waals surface area contributed by atoms with E-state index in [1.165, 1.54) is 23.3 Å². The van der Waals surface area contributed by atoms with Crippen molar-refractivity contribution in [2.24, 2.45) is 16.2 Å². The summed E-state index contributed by atoms with van der Waals surface area (Å²) in [7, 11) is 0. The Morgan fingerprint density at radius 1 is 0.955 bits per heavy atom. The van der Waals surface area contributed by atoms with E-state index in [1.807, 2.05) is 0 Å². The summed E-state index contributed by atoms with van der Waals surface area (Å²) in [5.41, 5.74) is 4.64. The average molecular weight is 300 g/mol. The van der Waals surface area contributed by atoms with E-state index in [2.05, 4.69) is 51.3 Å². The van der Waals surface area contributed by atoms with E-state index >= 15 is 0 Å². The predicted molar refractivity (Wildman–Crippen MR) is 88.3 cm³/mol. The van der Waals surface area contributed by atoms with Gasteiger partial charge in [0.2, 0.25) is 0 Å². The van der Waals surface area contributed by atoms with Crippen molar-refractivity contribution in [3.8, 4) is 0 Å².